The minimum atomic E-state index is -0.772. The van der Waals surface area contributed by atoms with E-state index in [-0.39, 0.29) is 12.3 Å². The Labute approximate surface area is 110 Å². The third-order valence-electron chi connectivity index (χ3n) is 2.73. The molecule has 0 spiro atoms. The minimum absolute atomic E-state index is 0.0968. The van der Waals surface area contributed by atoms with Crippen molar-refractivity contribution in [2.24, 2.45) is 5.92 Å². The third kappa shape index (κ3) is 4.83. The van der Waals surface area contributed by atoms with E-state index in [1.54, 1.807) is 12.4 Å². The molecule has 0 aliphatic rings. The number of hydrogen-bond acceptors (Lipinski definition) is 4. The van der Waals surface area contributed by atoms with Gasteiger partial charge in [-0.1, -0.05) is 6.92 Å². The van der Waals surface area contributed by atoms with Gasteiger partial charge < -0.3 is 10.4 Å². The molecule has 0 aromatic carbocycles. The first-order valence-electron chi connectivity index (χ1n) is 5.90. The Morgan fingerprint density at radius 2 is 2.22 bits per heavy atom. The summed E-state index contributed by atoms with van der Waals surface area (Å²) in [4.78, 5) is 26.8. The minimum Gasteiger partial charge on any atom is -0.481 e. The van der Waals surface area contributed by atoms with Gasteiger partial charge in [0, 0.05) is 13.0 Å². The SMILES string of the molecule is Cc1ncsc1C(=O)NCCC(C)CCC(=O)O. The summed E-state index contributed by atoms with van der Waals surface area (Å²) in [5.74, 6) is -0.574. The molecule has 1 heterocycles. The molecule has 1 aromatic heterocycles. The maximum Gasteiger partial charge on any atom is 0.303 e. The molecule has 1 atom stereocenters. The van der Waals surface area contributed by atoms with E-state index < -0.39 is 5.97 Å². The fourth-order valence-corrected chi connectivity index (χ4v) is 2.27. The quantitative estimate of drug-likeness (QED) is 0.795. The summed E-state index contributed by atoms with van der Waals surface area (Å²) in [5.41, 5.74) is 2.40. The average molecular weight is 270 g/mol. The molecular formula is C12H18N2O3S. The number of carboxylic acid groups (broad SMARTS) is 1. The van der Waals surface area contributed by atoms with Crippen LogP contribution in [0.1, 0.15) is 41.6 Å². The molecule has 0 saturated heterocycles. The lowest BCUT2D eigenvalue weighted by Gasteiger charge is -2.10. The smallest absolute Gasteiger partial charge is 0.303 e. The van der Waals surface area contributed by atoms with Crippen molar-refractivity contribution >= 4 is 23.2 Å². The van der Waals surface area contributed by atoms with Crippen LogP contribution in [0.15, 0.2) is 5.51 Å². The Kier molecular flexibility index (Phi) is 5.77. The van der Waals surface area contributed by atoms with Crippen molar-refractivity contribution in [1.29, 1.82) is 0 Å². The van der Waals surface area contributed by atoms with Crippen LogP contribution in [0.3, 0.4) is 0 Å². The first-order valence-corrected chi connectivity index (χ1v) is 6.78. The molecule has 5 nitrogen and oxygen atoms in total. The van der Waals surface area contributed by atoms with Crippen LogP contribution in [0.2, 0.25) is 0 Å². The molecule has 0 fully saturated rings. The number of thiazole rings is 1. The van der Waals surface area contributed by atoms with Crippen LogP contribution in [-0.2, 0) is 4.79 Å². The zero-order valence-electron chi connectivity index (χ0n) is 10.6. The second-order valence-corrected chi connectivity index (χ2v) is 5.20. The zero-order chi connectivity index (χ0) is 13.5. The average Bonchev–Trinajstić information content (AvgIpc) is 2.72. The first-order chi connectivity index (χ1) is 8.50. The fourth-order valence-electron chi connectivity index (χ4n) is 1.55. The molecule has 0 bridgehead atoms. The molecule has 0 aliphatic heterocycles. The van der Waals surface area contributed by atoms with Crippen LogP contribution < -0.4 is 5.32 Å². The van der Waals surface area contributed by atoms with E-state index in [1.165, 1.54) is 11.3 Å². The monoisotopic (exact) mass is 270 g/mol. The van der Waals surface area contributed by atoms with Gasteiger partial charge in [-0.15, -0.1) is 11.3 Å². The molecule has 0 saturated carbocycles. The molecule has 1 aromatic rings. The van der Waals surface area contributed by atoms with Crippen molar-refractivity contribution in [2.45, 2.75) is 33.1 Å². The van der Waals surface area contributed by atoms with Gasteiger partial charge in [0.1, 0.15) is 4.88 Å². The van der Waals surface area contributed by atoms with E-state index in [9.17, 15) is 9.59 Å². The van der Waals surface area contributed by atoms with E-state index in [4.69, 9.17) is 5.11 Å². The molecule has 100 valence electrons. The number of carboxylic acids is 1. The van der Waals surface area contributed by atoms with E-state index in [0.29, 0.717) is 23.8 Å². The van der Waals surface area contributed by atoms with Crippen LogP contribution in [-0.4, -0.2) is 28.5 Å². The summed E-state index contributed by atoms with van der Waals surface area (Å²) < 4.78 is 0. The van der Waals surface area contributed by atoms with Crippen LogP contribution in [0.4, 0.5) is 0 Å². The van der Waals surface area contributed by atoms with Gasteiger partial charge in [0.15, 0.2) is 0 Å². The Bertz CT molecular complexity index is 417. The second kappa shape index (κ2) is 7.10. The van der Waals surface area contributed by atoms with Crippen molar-refractivity contribution in [3.63, 3.8) is 0 Å². The van der Waals surface area contributed by atoms with Gasteiger partial charge in [0.2, 0.25) is 0 Å². The third-order valence-corrected chi connectivity index (χ3v) is 3.65. The van der Waals surface area contributed by atoms with Crippen LogP contribution in [0.25, 0.3) is 0 Å². The highest BCUT2D eigenvalue weighted by Gasteiger charge is 2.11. The maximum absolute atomic E-state index is 11.7. The summed E-state index contributed by atoms with van der Waals surface area (Å²) in [7, 11) is 0. The van der Waals surface area contributed by atoms with Crippen molar-refractivity contribution < 1.29 is 14.7 Å². The number of hydrogen-bond donors (Lipinski definition) is 2. The summed E-state index contributed by atoms with van der Waals surface area (Å²) in [6.07, 6.45) is 1.62. The summed E-state index contributed by atoms with van der Waals surface area (Å²) >= 11 is 1.33. The lowest BCUT2D eigenvalue weighted by molar-refractivity contribution is -0.137. The Morgan fingerprint density at radius 3 is 2.78 bits per heavy atom. The predicted octanol–water partition coefficient (Wildman–Crippen LogP) is 2.07. The Morgan fingerprint density at radius 1 is 1.50 bits per heavy atom. The number of aliphatic carboxylic acids is 1. The van der Waals surface area contributed by atoms with Gasteiger partial charge in [-0.05, 0) is 25.7 Å². The Balaban J connectivity index is 2.24. The molecular weight excluding hydrogens is 252 g/mol. The zero-order valence-corrected chi connectivity index (χ0v) is 11.4. The number of aryl methyl sites for hydroxylation is 1. The lowest BCUT2D eigenvalue weighted by atomic mass is 10.0. The topological polar surface area (TPSA) is 79.3 Å². The molecule has 0 aliphatic carbocycles. The molecule has 18 heavy (non-hydrogen) atoms. The van der Waals surface area contributed by atoms with E-state index in [0.717, 1.165) is 12.1 Å². The van der Waals surface area contributed by atoms with Crippen LogP contribution in [0, 0.1) is 12.8 Å². The molecule has 1 unspecified atom stereocenters. The van der Waals surface area contributed by atoms with Crippen LogP contribution in [0.5, 0.6) is 0 Å². The molecule has 6 heteroatoms. The highest BCUT2D eigenvalue weighted by molar-refractivity contribution is 7.11. The highest BCUT2D eigenvalue weighted by Crippen LogP contribution is 2.12. The van der Waals surface area contributed by atoms with Gasteiger partial charge >= 0.3 is 5.97 Å². The second-order valence-electron chi connectivity index (χ2n) is 4.35. The molecule has 1 rings (SSSR count). The van der Waals surface area contributed by atoms with E-state index >= 15 is 0 Å². The van der Waals surface area contributed by atoms with E-state index in [1.807, 2.05) is 6.92 Å². The van der Waals surface area contributed by atoms with Crippen molar-refractivity contribution in [3.8, 4) is 0 Å². The normalized spacial score (nSPS) is 12.1. The highest BCUT2D eigenvalue weighted by atomic mass is 32.1. The number of carbonyl (C=O) groups excluding carboxylic acids is 1. The molecule has 1 amide bonds. The van der Waals surface area contributed by atoms with Crippen molar-refractivity contribution in [2.75, 3.05) is 6.54 Å². The maximum atomic E-state index is 11.7. The van der Waals surface area contributed by atoms with Crippen LogP contribution >= 0.6 is 11.3 Å². The van der Waals surface area contributed by atoms with Crippen molar-refractivity contribution in [1.82, 2.24) is 10.3 Å². The standard InChI is InChI=1S/C12H18N2O3S/c1-8(3-4-10(15)16)5-6-13-12(17)11-9(2)14-7-18-11/h7-8H,3-6H2,1-2H3,(H,13,17)(H,15,16). The number of nitrogens with one attached hydrogen (secondary N) is 1. The number of nitrogens with zero attached hydrogens (tertiary/aromatic N) is 1. The number of rotatable bonds is 7. The number of aromatic nitrogens is 1. The molecule has 0 radical (unpaired) electrons. The van der Waals surface area contributed by atoms with Gasteiger partial charge in [-0.25, -0.2) is 4.98 Å². The van der Waals surface area contributed by atoms with E-state index in [2.05, 4.69) is 10.3 Å². The van der Waals surface area contributed by atoms with Gasteiger partial charge in [-0.2, -0.15) is 0 Å². The predicted molar refractivity (Wildman–Crippen MR) is 69.8 cm³/mol. The fraction of sp³-hybridized carbons (Fsp3) is 0.583. The Hall–Kier alpha value is -1.43. The van der Waals surface area contributed by atoms with Gasteiger partial charge in [-0.3, -0.25) is 9.59 Å². The summed E-state index contributed by atoms with van der Waals surface area (Å²) in [6, 6.07) is 0. The number of amides is 1. The summed E-state index contributed by atoms with van der Waals surface area (Å²) in [5, 5.41) is 11.4. The first kappa shape index (κ1) is 14.6. The number of carbonyl (C=O) groups is 2. The summed E-state index contributed by atoms with van der Waals surface area (Å²) in [6.45, 7) is 4.37. The largest absolute Gasteiger partial charge is 0.481 e. The van der Waals surface area contributed by atoms with Gasteiger partial charge in [0.25, 0.3) is 5.91 Å². The molecule has 2 N–H and O–H groups in total. The van der Waals surface area contributed by atoms with Gasteiger partial charge in [0.05, 0.1) is 11.2 Å². The lowest BCUT2D eigenvalue weighted by Crippen LogP contribution is -2.25. The van der Waals surface area contributed by atoms with Crippen molar-refractivity contribution in [3.05, 3.63) is 16.1 Å².